The maximum absolute atomic E-state index is 12.0. The summed E-state index contributed by atoms with van der Waals surface area (Å²) < 4.78 is 4.85. The summed E-state index contributed by atoms with van der Waals surface area (Å²) >= 11 is 0. The predicted octanol–water partition coefficient (Wildman–Crippen LogP) is 1.81. The number of aromatic nitrogens is 1. The van der Waals surface area contributed by atoms with Crippen molar-refractivity contribution in [2.75, 3.05) is 5.32 Å². The van der Waals surface area contributed by atoms with Crippen molar-refractivity contribution in [3.63, 3.8) is 0 Å². The van der Waals surface area contributed by atoms with Crippen molar-refractivity contribution in [3.8, 4) is 0 Å². The van der Waals surface area contributed by atoms with E-state index in [1.807, 2.05) is 0 Å². The molecule has 2 rings (SSSR count). The number of hydrogen-bond donors (Lipinski definition) is 2. The molecule has 1 fully saturated rings. The largest absolute Gasteiger partial charge is 0.481 e. The van der Waals surface area contributed by atoms with E-state index in [0.717, 1.165) is 12.8 Å². The van der Waals surface area contributed by atoms with Crippen molar-refractivity contribution in [2.45, 2.75) is 32.6 Å². The van der Waals surface area contributed by atoms with Crippen LogP contribution in [0.25, 0.3) is 0 Å². The van der Waals surface area contributed by atoms with Crippen LogP contribution in [-0.2, 0) is 9.59 Å². The van der Waals surface area contributed by atoms with Crippen LogP contribution >= 0.6 is 0 Å². The first-order valence-electron chi connectivity index (χ1n) is 6.05. The van der Waals surface area contributed by atoms with Crippen LogP contribution < -0.4 is 5.32 Å². The fourth-order valence-electron chi connectivity index (χ4n) is 2.38. The summed E-state index contributed by atoms with van der Waals surface area (Å²) in [5, 5.41) is 15.4. The Balaban J connectivity index is 2.04. The van der Waals surface area contributed by atoms with Gasteiger partial charge in [0.05, 0.1) is 11.8 Å². The van der Waals surface area contributed by atoms with E-state index in [1.165, 1.54) is 0 Å². The number of hydrogen-bond acceptors (Lipinski definition) is 4. The number of carbonyl (C=O) groups excluding carboxylic acids is 1. The number of carboxylic acids is 1. The van der Waals surface area contributed by atoms with Gasteiger partial charge in [0.2, 0.25) is 5.91 Å². The zero-order valence-electron chi connectivity index (χ0n) is 10.2. The number of rotatable bonds is 3. The molecule has 6 heteroatoms. The summed E-state index contributed by atoms with van der Waals surface area (Å²) in [5.74, 6) is -1.31. The molecule has 1 aromatic rings. The predicted molar refractivity (Wildman–Crippen MR) is 63.0 cm³/mol. The van der Waals surface area contributed by atoms with Gasteiger partial charge in [-0.2, -0.15) is 0 Å². The maximum Gasteiger partial charge on any atom is 0.307 e. The van der Waals surface area contributed by atoms with E-state index >= 15 is 0 Å². The highest BCUT2D eigenvalue weighted by Crippen LogP contribution is 2.31. The monoisotopic (exact) mass is 252 g/mol. The molecule has 1 saturated carbocycles. The first-order valence-corrected chi connectivity index (χ1v) is 6.05. The first-order chi connectivity index (χ1) is 8.58. The zero-order chi connectivity index (χ0) is 13.1. The quantitative estimate of drug-likeness (QED) is 0.855. The highest BCUT2D eigenvalue weighted by molar-refractivity contribution is 5.94. The van der Waals surface area contributed by atoms with Gasteiger partial charge in [-0.25, -0.2) is 0 Å². The van der Waals surface area contributed by atoms with Crippen LogP contribution in [-0.4, -0.2) is 22.1 Å². The number of amides is 1. The van der Waals surface area contributed by atoms with Crippen molar-refractivity contribution in [3.05, 3.63) is 11.8 Å². The summed E-state index contributed by atoms with van der Waals surface area (Å²) in [4.78, 5) is 23.1. The van der Waals surface area contributed by atoms with Gasteiger partial charge in [-0.3, -0.25) is 9.59 Å². The molecule has 0 aromatic carbocycles. The standard InChI is InChI=1S/C12H16N2O4/c1-7-6-10(14-18-7)13-11(15)8-4-2-3-5-9(8)12(16)17/h6,8-9H,2-5H2,1H3,(H,16,17)(H,13,14,15)/t8-,9+/m1/s1. The molecule has 1 aromatic heterocycles. The Labute approximate surface area is 104 Å². The van der Waals surface area contributed by atoms with E-state index in [0.29, 0.717) is 24.4 Å². The molecule has 18 heavy (non-hydrogen) atoms. The van der Waals surface area contributed by atoms with E-state index in [-0.39, 0.29) is 5.91 Å². The highest BCUT2D eigenvalue weighted by atomic mass is 16.5. The summed E-state index contributed by atoms with van der Waals surface area (Å²) in [6.45, 7) is 1.73. The van der Waals surface area contributed by atoms with Crippen LogP contribution in [0.3, 0.4) is 0 Å². The van der Waals surface area contributed by atoms with Gasteiger partial charge in [-0.1, -0.05) is 18.0 Å². The normalized spacial score (nSPS) is 23.6. The van der Waals surface area contributed by atoms with Gasteiger partial charge in [0.15, 0.2) is 5.82 Å². The number of aryl methyl sites for hydroxylation is 1. The maximum atomic E-state index is 12.0. The number of carboxylic acid groups (broad SMARTS) is 1. The lowest BCUT2D eigenvalue weighted by Crippen LogP contribution is -2.36. The molecule has 1 aliphatic rings. The third-order valence-corrected chi connectivity index (χ3v) is 3.30. The molecule has 2 atom stereocenters. The summed E-state index contributed by atoms with van der Waals surface area (Å²) in [6, 6.07) is 1.61. The van der Waals surface area contributed by atoms with Crippen molar-refractivity contribution in [1.29, 1.82) is 0 Å². The van der Waals surface area contributed by atoms with Crippen molar-refractivity contribution >= 4 is 17.7 Å². The Morgan fingerprint density at radius 1 is 1.39 bits per heavy atom. The second kappa shape index (κ2) is 5.20. The Bertz CT molecular complexity index is 455. The van der Waals surface area contributed by atoms with Gasteiger partial charge in [-0.15, -0.1) is 0 Å². The summed E-state index contributed by atoms with van der Waals surface area (Å²) in [7, 11) is 0. The molecule has 98 valence electrons. The lowest BCUT2D eigenvalue weighted by atomic mass is 9.79. The molecular formula is C12H16N2O4. The molecule has 0 spiro atoms. The molecule has 0 aliphatic heterocycles. The number of anilines is 1. The van der Waals surface area contributed by atoms with Crippen molar-refractivity contribution in [2.24, 2.45) is 11.8 Å². The number of nitrogens with zero attached hydrogens (tertiary/aromatic N) is 1. The SMILES string of the molecule is Cc1cc(NC(=O)[C@@H]2CCCC[C@@H]2C(=O)O)no1. The molecule has 0 bridgehead atoms. The zero-order valence-corrected chi connectivity index (χ0v) is 10.2. The molecule has 1 heterocycles. The average Bonchev–Trinajstić information content (AvgIpc) is 2.74. The van der Waals surface area contributed by atoms with Gasteiger partial charge in [0, 0.05) is 6.07 Å². The second-order valence-electron chi connectivity index (χ2n) is 4.65. The minimum absolute atomic E-state index is 0.282. The second-order valence-corrected chi connectivity index (χ2v) is 4.65. The fraction of sp³-hybridized carbons (Fsp3) is 0.583. The molecule has 1 aliphatic carbocycles. The lowest BCUT2D eigenvalue weighted by molar-refractivity contribution is -0.147. The average molecular weight is 252 g/mol. The van der Waals surface area contributed by atoms with Crippen LogP contribution in [0.15, 0.2) is 10.6 Å². The van der Waals surface area contributed by atoms with Gasteiger partial charge < -0.3 is 14.9 Å². The molecular weight excluding hydrogens is 236 g/mol. The first kappa shape index (κ1) is 12.6. The van der Waals surface area contributed by atoms with Gasteiger partial charge in [0.25, 0.3) is 0 Å². The minimum Gasteiger partial charge on any atom is -0.481 e. The molecule has 0 saturated heterocycles. The molecule has 1 amide bonds. The van der Waals surface area contributed by atoms with Gasteiger partial charge in [-0.05, 0) is 19.8 Å². The highest BCUT2D eigenvalue weighted by Gasteiger charge is 2.35. The molecule has 0 unspecified atom stereocenters. The Hall–Kier alpha value is -1.85. The van der Waals surface area contributed by atoms with E-state index in [1.54, 1.807) is 13.0 Å². The number of nitrogens with one attached hydrogen (secondary N) is 1. The minimum atomic E-state index is -0.897. The Morgan fingerprint density at radius 2 is 2.06 bits per heavy atom. The number of aliphatic carboxylic acids is 1. The van der Waals surface area contributed by atoms with E-state index < -0.39 is 17.8 Å². The van der Waals surface area contributed by atoms with E-state index in [4.69, 9.17) is 9.63 Å². The Morgan fingerprint density at radius 3 is 2.61 bits per heavy atom. The van der Waals surface area contributed by atoms with Crippen LogP contribution in [0.4, 0.5) is 5.82 Å². The van der Waals surface area contributed by atoms with Crippen molar-refractivity contribution < 1.29 is 19.2 Å². The Kier molecular flexibility index (Phi) is 3.64. The smallest absolute Gasteiger partial charge is 0.307 e. The van der Waals surface area contributed by atoms with Crippen LogP contribution in [0, 0.1) is 18.8 Å². The molecule has 2 N–H and O–H groups in total. The van der Waals surface area contributed by atoms with Crippen molar-refractivity contribution in [1.82, 2.24) is 5.16 Å². The summed E-state index contributed by atoms with van der Waals surface area (Å²) in [5.41, 5.74) is 0. The fourth-order valence-corrected chi connectivity index (χ4v) is 2.38. The van der Waals surface area contributed by atoms with Gasteiger partial charge >= 0.3 is 5.97 Å². The molecule has 0 radical (unpaired) electrons. The molecule has 6 nitrogen and oxygen atoms in total. The number of carbonyl (C=O) groups is 2. The third kappa shape index (κ3) is 2.69. The third-order valence-electron chi connectivity index (χ3n) is 3.30. The lowest BCUT2D eigenvalue weighted by Gasteiger charge is -2.26. The van der Waals surface area contributed by atoms with Crippen LogP contribution in [0.1, 0.15) is 31.4 Å². The summed E-state index contributed by atoms with van der Waals surface area (Å²) in [6.07, 6.45) is 2.93. The topological polar surface area (TPSA) is 92.4 Å². The van der Waals surface area contributed by atoms with Gasteiger partial charge in [0.1, 0.15) is 5.76 Å². The van der Waals surface area contributed by atoms with E-state index in [9.17, 15) is 9.59 Å². The van der Waals surface area contributed by atoms with Crippen LogP contribution in [0.5, 0.6) is 0 Å². The van der Waals surface area contributed by atoms with E-state index in [2.05, 4.69) is 10.5 Å². The van der Waals surface area contributed by atoms with Crippen LogP contribution in [0.2, 0.25) is 0 Å².